The first-order valence-electron chi connectivity index (χ1n) is 5.88. The molecule has 3 heteroatoms. The number of carbonyl (C=O) groups is 1. The predicted octanol–water partition coefficient (Wildman–Crippen LogP) is 1.49. The number of aromatic nitrogens is 1. The van der Waals surface area contributed by atoms with Gasteiger partial charge in [0.05, 0.1) is 0 Å². The summed E-state index contributed by atoms with van der Waals surface area (Å²) < 4.78 is 0. The number of hydrogen-bond donors (Lipinski definition) is 0. The second-order valence-corrected chi connectivity index (χ2v) is 5.35. The van der Waals surface area contributed by atoms with Crippen LogP contribution in [0.3, 0.4) is 0 Å². The fourth-order valence-electron chi connectivity index (χ4n) is 3.31. The number of hydrogen-bond acceptors (Lipinski definition) is 2. The fourth-order valence-corrected chi connectivity index (χ4v) is 3.31. The molecule has 84 valence electrons. The Morgan fingerprint density at radius 1 is 1.50 bits per heavy atom. The molecule has 0 N–H and O–H groups in total. The average Bonchev–Trinajstić information content (AvgIpc) is 2.21. The van der Waals surface area contributed by atoms with Crippen LogP contribution in [-0.2, 0) is 11.2 Å². The van der Waals surface area contributed by atoms with Gasteiger partial charge in [0.2, 0.25) is 6.41 Å². The van der Waals surface area contributed by atoms with Crippen molar-refractivity contribution in [1.82, 2.24) is 9.88 Å². The van der Waals surface area contributed by atoms with Crippen molar-refractivity contribution in [1.29, 1.82) is 0 Å². The topological polar surface area (TPSA) is 33.2 Å². The highest BCUT2D eigenvalue weighted by Crippen LogP contribution is 2.52. The van der Waals surface area contributed by atoms with Crippen LogP contribution < -0.4 is 0 Å². The first kappa shape index (κ1) is 9.82. The molecule has 16 heavy (non-hydrogen) atoms. The molecule has 0 atom stereocenters. The molecular formula is C13H16N2O. The van der Waals surface area contributed by atoms with Crippen LogP contribution in [0, 0.1) is 11.3 Å². The molecule has 2 fully saturated rings. The van der Waals surface area contributed by atoms with Crippen molar-refractivity contribution >= 4 is 6.41 Å². The molecule has 0 bridgehead atoms. The molecule has 0 radical (unpaired) electrons. The van der Waals surface area contributed by atoms with Gasteiger partial charge in [0.25, 0.3) is 0 Å². The van der Waals surface area contributed by atoms with Crippen molar-refractivity contribution in [3.63, 3.8) is 0 Å². The van der Waals surface area contributed by atoms with Crippen LogP contribution in [0.25, 0.3) is 0 Å². The maximum Gasteiger partial charge on any atom is 0.209 e. The Kier molecular flexibility index (Phi) is 2.20. The second-order valence-electron chi connectivity index (χ2n) is 5.35. The zero-order chi connectivity index (χ0) is 11.0. The van der Waals surface area contributed by atoms with Gasteiger partial charge in [0, 0.05) is 30.9 Å². The van der Waals surface area contributed by atoms with E-state index in [0.717, 1.165) is 31.8 Å². The molecule has 1 aliphatic heterocycles. The van der Waals surface area contributed by atoms with Gasteiger partial charge >= 0.3 is 0 Å². The molecule has 1 aromatic heterocycles. The summed E-state index contributed by atoms with van der Waals surface area (Å²) in [6, 6.07) is 4.15. The molecule has 1 saturated heterocycles. The number of nitrogens with zero attached hydrogens (tertiary/aromatic N) is 2. The van der Waals surface area contributed by atoms with Crippen LogP contribution in [0.4, 0.5) is 0 Å². The Morgan fingerprint density at radius 2 is 2.31 bits per heavy atom. The fraction of sp³-hybridized carbons (Fsp3) is 0.538. The number of likely N-dealkylation sites (tertiary alicyclic amines) is 1. The van der Waals surface area contributed by atoms with Gasteiger partial charge in [0.1, 0.15) is 0 Å². The van der Waals surface area contributed by atoms with Gasteiger partial charge in [0.15, 0.2) is 0 Å². The number of amides is 1. The van der Waals surface area contributed by atoms with Gasteiger partial charge in [-0.05, 0) is 36.8 Å². The van der Waals surface area contributed by atoms with E-state index >= 15 is 0 Å². The van der Waals surface area contributed by atoms with Gasteiger partial charge < -0.3 is 4.90 Å². The SMILES string of the molecule is O=CN1CC2(CC(Cc3cccnc3)C2)C1. The highest BCUT2D eigenvalue weighted by molar-refractivity contribution is 5.49. The third-order valence-electron chi connectivity index (χ3n) is 3.92. The smallest absolute Gasteiger partial charge is 0.209 e. The van der Waals surface area contributed by atoms with E-state index in [1.807, 2.05) is 23.4 Å². The molecule has 1 aromatic rings. The van der Waals surface area contributed by atoms with Crippen molar-refractivity contribution < 1.29 is 4.79 Å². The van der Waals surface area contributed by atoms with E-state index in [4.69, 9.17) is 0 Å². The summed E-state index contributed by atoms with van der Waals surface area (Å²) in [6.07, 6.45) is 8.47. The normalized spacial score (nSPS) is 22.6. The second kappa shape index (κ2) is 3.58. The van der Waals surface area contributed by atoms with E-state index in [2.05, 4.69) is 11.1 Å². The van der Waals surface area contributed by atoms with E-state index < -0.39 is 0 Å². The molecule has 0 unspecified atom stereocenters. The summed E-state index contributed by atoms with van der Waals surface area (Å²) in [7, 11) is 0. The molecule has 1 saturated carbocycles. The Balaban J connectivity index is 1.50. The van der Waals surface area contributed by atoms with E-state index in [0.29, 0.717) is 5.41 Å². The number of pyridine rings is 1. The first-order chi connectivity index (χ1) is 7.80. The average molecular weight is 216 g/mol. The molecule has 1 aliphatic carbocycles. The molecule has 3 rings (SSSR count). The molecule has 2 heterocycles. The predicted molar refractivity (Wildman–Crippen MR) is 60.7 cm³/mol. The molecule has 1 amide bonds. The summed E-state index contributed by atoms with van der Waals surface area (Å²) in [6.45, 7) is 1.97. The van der Waals surface area contributed by atoms with Crippen LogP contribution in [0.5, 0.6) is 0 Å². The van der Waals surface area contributed by atoms with Gasteiger partial charge in [-0.1, -0.05) is 6.07 Å². The van der Waals surface area contributed by atoms with E-state index in [-0.39, 0.29) is 0 Å². The van der Waals surface area contributed by atoms with Crippen molar-refractivity contribution in [2.45, 2.75) is 19.3 Å². The molecule has 2 aliphatic rings. The summed E-state index contributed by atoms with van der Waals surface area (Å²) in [4.78, 5) is 16.5. The highest BCUT2D eigenvalue weighted by atomic mass is 16.1. The van der Waals surface area contributed by atoms with Crippen LogP contribution >= 0.6 is 0 Å². The van der Waals surface area contributed by atoms with Gasteiger partial charge in [-0.25, -0.2) is 0 Å². The lowest BCUT2D eigenvalue weighted by atomic mass is 9.57. The standard InChI is InChI=1S/C13H16N2O/c16-10-15-8-13(9-15)5-12(6-13)4-11-2-1-3-14-7-11/h1-3,7,10,12H,4-6,8-9H2. The third-order valence-corrected chi connectivity index (χ3v) is 3.92. The minimum atomic E-state index is 0.494. The van der Waals surface area contributed by atoms with Crippen LogP contribution in [-0.4, -0.2) is 29.4 Å². The van der Waals surface area contributed by atoms with Crippen molar-refractivity contribution in [2.75, 3.05) is 13.1 Å². The Morgan fingerprint density at radius 3 is 2.94 bits per heavy atom. The van der Waals surface area contributed by atoms with Crippen LogP contribution in [0.15, 0.2) is 24.5 Å². The summed E-state index contributed by atoms with van der Waals surface area (Å²) in [5.74, 6) is 0.804. The Bertz CT molecular complexity index is 376. The lowest BCUT2D eigenvalue weighted by Crippen LogP contribution is -2.61. The monoisotopic (exact) mass is 216 g/mol. The van der Waals surface area contributed by atoms with E-state index in [9.17, 15) is 4.79 Å². The van der Waals surface area contributed by atoms with Crippen LogP contribution in [0.2, 0.25) is 0 Å². The van der Waals surface area contributed by atoms with Crippen molar-refractivity contribution in [3.8, 4) is 0 Å². The largest absolute Gasteiger partial charge is 0.344 e. The van der Waals surface area contributed by atoms with E-state index in [1.165, 1.54) is 18.4 Å². The Hall–Kier alpha value is -1.38. The third kappa shape index (κ3) is 1.60. The van der Waals surface area contributed by atoms with Crippen LogP contribution in [0.1, 0.15) is 18.4 Å². The van der Waals surface area contributed by atoms with Gasteiger partial charge in [-0.2, -0.15) is 0 Å². The van der Waals surface area contributed by atoms with E-state index in [1.54, 1.807) is 0 Å². The molecule has 1 spiro atoms. The lowest BCUT2D eigenvalue weighted by Gasteiger charge is -2.58. The number of carbonyl (C=O) groups excluding carboxylic acids is 1. The zero-order valence-electron chi connectivity index (χ0n) is 9.30. The minimum Gasteiger partial charge on any atom is -0.344 e. The first-order valence-corrected chi connectivity index (χ1v) is 5.88. The maximum atomic E-state index is 10.5. The quantitative estimate of drug-likeness (QED) is 0.717. The lowest BCUT2D eigenvalue weighted by molar-refractivity contribution is -0.141. The van der Waals surface area contributed by atoms with Crippen molar-refractivity contribution in [3.05, 3.63) is 30.1 Å². The Labute approximate surface area is 95.5 Å². The van der Waals surface area contributed by atoms with Gasteiger partial charge in [-0.15, -0.1) is 0 Å². The maximum absolute atomic E-state index is 10.5. The zero-order valence-corrected chi connectivity index (χ0v) is 9.30. The highest BCUT2D eigenvalue weighted by Gasteiger charge is 2.51. The minimum absolute atomic E-state index is 0.494. The number of rotatable bonds is 3. The summed E-state index contributed by atoms with van der Waals surface area (Å²) in [5, 5.41) is 0. The molecular weight excluding hydrogens is 200 g/mol. The van der Waals surface area contributed by atoms with Crippen molar-refractivity contribution in [2.24, 2.45) is 11.3 Å². The summed E-state index contributed by atoms with van der Waals surface area (Å²) >= 11 is 0. The van der Waals surface area contributed by atoms with Gasteiger partial charge in [-0.3, -0.25) is 9.78 Å². The summed E-state index contributed by atoms with van der Waals surface area (Å²) in [5.41, 5.74) is 1.84. The molecule has 3 nitrogen and oxygen atoms in total. The molecule has 0 aromatic carbocycles.